The molecular formula is C13H25N5O. The second kappa shape index (κ2) is 7.45. The standard InChI is InChI=1S/C13H25N5O/c1-3-15-13-17-16-12(18(13)4-2)7-10-19-11-5-8-14-9-6-11/h11,14H,3-10H2,1-2H3,(H,15,17). The van der Waals surface area contributed by atoms with E-state index in [2.05, 4.69) is 39.2 Å². The Bertz CT molecular complexity index is 373. The van der Waals surface area contributed by atoms with Gasteiger partial charge in [0.2, 0.25) is 5.95 Å². The van der Waals surface area contributed by atoms with E-state index in [-0.39, 0.29) is 0 Å². The molecule has 19 heavy (non-hydrogen) atoms. The molecule has 1 aromatic rings. The predicted molar refractivity (Wildman–Crippen MR) is 75.4 cm³/mol. The van der Waals surface area contributed by atoms with Crippen molar-refractivity contribution < 1.29 is 4.74 Å². The van der Waals surface area contributed by atoms with E-state index in [4.69, 9.17) is 4.74 Å². The van der Waals surface area contributed by atoms with Gasteiger partial charge in [-0.25, -0.2) is 0 Å². The lowest BCUT2D eigenvalue weighted by molar-refractivity contribution is 0.0339. The minimum Gasteiger partial charge on any atom is -0.378 e. The topological polar surface area (TPSA) is 64.0 Å². The lowest BCUT2D eigenvalue weighted by Crippen LogP contribution is -2.32. The highest BCUT2D eigenvalue weighted by Crippen LogP contribution is 2.11. The van der Waals surface area contributed by atoms with Crippen molar-refractivity contribution in [2.75, 3.05) is 31.6 Å². The average molecular weight is 267 g/mol. The lowest BCUT2D eigenvalue weighted by atomic mass is 10.1. The van der Waals surface area contributed by atoms with Crippen LogP contribution in [0.3, 0.4) is 0 Å². The molecule has 0 atom stereocenters. The van der Waals surface area contributed by atoms with Crippen molar-refractivity contribution in [1.29, 1.82) is 0 Å². The normalized spacial score (nSPS) is 16.7. The van der Waals surface area contributed by atoms with Gasteiger partial charge in [-0.1, -0.05) is 0 Å². The summed E-state index contributed by atoms with van der Waals surface area (Å²) in [4.78, 5) is 0. The molecular weight excluding hydrogens is 242 g/mol. The molecule has 0 aromatic carbocycles. The number of hydrogen-bond donors (Lipinski definition) is 2. The van der Waals surface area contributed by atoms with Gasteiger partial charge in [0, 0.05) is 19.5 Å². The number of nitrogens with zero attached hydrogens (tertiary/aromatic N) is 3. The molecule has 1 aliphatic rings. The van der Waals surface area contributed by atoms with E-state index >= 15 is 0 Å². The summed E-state index contributed by atoms with van der Waals surface area (Å²) < 4.78 is 8.03. The summed E-state index contributed by atoms with van der Waals surface area (Å²) in [5.41, 5.74) is 0. The van der Waals surface area contributed by atoms with Gasteiger partial charge in [0.1, 0.15) is 5.82 Å². The van der Waals surface area contributed by atoms with E-state index < -0.39 is 0 Å². The van der Waals surface area contributed by atoms with Crippen molar-refractivity contribution in [2.45, 2.75) is 45.8 Å². The lowest BCUT2D eigenvalue weighted by Gasteiger charge is -2.22. The predicted octanol–water partition coefficient (Wildman–Crippen LogP) is 1.04. The van der Waals surface area contributed by atoms with Crippen LogP contribution < -0.4 is 10.6 Å². The maximum atomic E-state index is 5.91. The highest BCUT2D eigenvalue weighted by Gasteiger charge is 2.14. The largest absolute Gasteiger partial charge is 0.378 e. The van der Waals surface area contributed by atoms with Crippen LogP contribution in [0.5, 0.6) is 0 Å². The smallest absolute Gasteiger partial charge is 0.224 e. The molecule has 0 radical (unpaired) electrons. The Morgan fingerprint density at radius 1 is 1.32 bits per heavy atom. The van der Waals surface area contributed by atoms with E-state index in [9.17, 15) is 0 Å². The summed E-state index contributed by atoms with van der Waals surface area (Å²) in [6, 6.07) is 0. The highest BCUT2D eigenvalue weighted by atomic mass is 16.5. The van der Waals surface area contributed by atoms with Crippen LogP contribution in [0.2, 0.25) is 0 Å². The Kier molecular flexibility index (Phi) is 5.60. The monoisotopic (exact) mass is 267 g/mol. The van der Waals surface area contributed by atoms with Crippen molar-refractivity contribution in [3.8, 4) is 0 Å². The molecule has 0 unspecified atom stereocenters. The number of nitrogens with one attached hydrogen (secondary N) is 2. The molecule has 108 valence electrons. The second-order valence-electron chi connectivity index (χ2n) is 4.78. The fourth-order valence-corrected chi connectivity index (χ4v) is 2.42. The van der Waals surface area contributed by atoms with Gasteiger partial charge in [-0.15, -0.1) is 10.2 Å². The van der Waals surface area contributed by atoms with E-state index in [1.54, 1.807) is 0 Å². The third-order valence-electron chi connectivity index (χ3n) is 3.44. The van der Waals surface area contributed by atoms with Crippen molar-refractivity contribution in [3.05, 3.63) is 5.82 Å². The summed E-state index contributed by atoms with van der Waals surface area (Å²) in [7, 11) is 0. The average Bonchev–Trinajstić information content (AvgIpc) is 2.83. The molecule has 0 spiro atoms. The summed E-state index contributed by atoms with van der Waals surface area (Å²) in [5.74, 6) is 1.87. The van der Waals surface area contributed by atoms with Gasteiger partial charge in [-0.05, 0) is 39.8 Å². The molecule has 0 bridgehead atoms. The number of piperidine rings is 1. The third-order valence-corrected chi connectivity index (χ3v) is 3.44. The molecule has 6 heteroatoms. The van der Waals surface area contributed by atoms with Crippen LogP contribution >= 0.6 is 0 Å². The first-order valence-corrected chi connectivity index (χ1v) is 7.33. The number of hydrogen-bond acceptors (Lipinski definition) is 5. The van der Waals surface area contributed by atoms with Crippen LogP contribution in [0.15, 0.2) is 0 Å². The maximum Gasteiger partial charge on any atom is 0.224 e. The quantitative estimate of drug-likeness (QED) is 0.773. The van der Waals surface area contributed by atoms with E-state index in [0.29, 0.717) is 6.10 Å². The van der Waals surface area contributed by atoms with Gasteiger partial charge < -0.3 is 15.4 Å². The Labute approximate surface area is 114 Å². The number of anilines is 1. The van der Waals surface area contributed by atoms with Gasteiger partial charge in [0.25, 0.3) is 0 Å². The second-order valence-corrected chi connectivity index (χ2v) is 4.78. The highest BCUT2D eigenvalue weighted by molar-refractivity contribution is 5.25. The summed E-state index contributed by atoms with van der Waals surface area (Å²) in [6.45, 7) is 8.80. The van der Waals surface area contributed by atoms with Crippen LogP contribution in [0, 0.1) is 0 Å². The summed E-state index contributed by atoms with van der Waals surface area (Å²) in [6.07, 6.45) is 3.47. The zero-order valence-corrected chi connectivity index (χ0v) is 12.0. The Morgan fingerprint density at radius 2 is 2.11 bits per heavy atom. The van der Waals surface area contributed by atoms with Gasteiger partial charge >= 0.3 is 0 Å². The van der Waals surface area contributed by atoms with Gasteiger partial charge in [-0.3, -0.25) is 4.57 Å². The molecule has 1 fully saturated rings. The molecule has 2 rings (SSSR count). The Balaban J connectivity index is 1.81. The molecule has 1 aliphatic heterocycles. The van der Waals surface area contributed by atoms with Crippen LogP contribution in [-0.4, -0.2) is 47.1 Å². The van der Waals surface area contributed by atoms with Crippen LogP contribution in [-0.2, 0) is 17.7 Å². The van der Waals surface area contributed by atoms with Gasteiger partial charge in [0.15, 0.2) is 0 Å². The first-order chi connectivity index (χ1) is 9.35. The zero-order valence-electron chi connectivity index (χ0n) is 12.0. The van der Waals surface area contributed by atoms with Crippen LogP contribution in [0.25, 0.3) is 0 Å². The summed E-state index contributed by atoms with van der Waals surface area (Å²) in [5, 5.41) is 15.0. The molecule has 2 N–H and O–H groups in total. The minimum atomic E-state index is 0.410. The van der Waals surface area contributed by atoms with Crippen molar-refractivity contribution >= 4 is 5.95 Å². The minimum absolute atomic E-state index is 0.410. The molecule has 2 heterocycles. The third kappa shape index (κ3) is 3.91. The molecule has 0 amide bonds. The first-order valence-electron chi connectivity index (χ1n) is 7.33. The van der Waals surface area contributed by atoms with Crippen LogP contribution in [0.1, 0.15) is 32.5 Å². The Morgan fingerprint density at radius 3 is 2.79 bits per heavy atom. The van der Waals surface area contributed by atoms with Crippen molar-refractivity contribution in [1.82, 2.24) is 20.1 Å². The van der Waals surface area contributed by atoms with Gasteiger partial charge in [0.05, 0.1) is 12.7 Å². The SMILES string of the molecule is CCNc1nnc(CCOC2CCNCC2)n1CC. The number of aromatic nitrogens is 3. The zero-order chi connectivity index (χ0) is 13.5. The van der Waals surface area contributed by atoms with Crippen molar-refractivity contribution in [2.24, 2.45) is 0 Å². The van der Waals surface area contributed by atoms with E-state index in [1.165, 1.54) is 0 Å². The molecule has 0 saturated carbocycles. The molecule has 1 aromatic heterocycles. The number of ether oxygens (including phenoxy) is 1. The Hall–Kier alpha value is -1.14. The van der Waals surface area contributed by atoms with Gasteiger partial charge in [-0.2, -0.15) is 0 Å². The first kappa shape index (κ1) is 14.3. The molecule has 6 nitrogen and oxygen atoms in total. The van der Waals surface area contributed by atoms with Crippen LogP contribution in [0.4, 0.5) is 5.95 Å². The fourth-order valence-electron chi connectivity index (χ4n) is 2.42. The molecule has 1 saturated heterocycles. The fraction of sp³-hybridized carbons (Fsp3) is 0.846. The number of rotatable bonds is 7. The van der Waals surface area contributed by atoms with E-state index in [1.807, 2.05) is 0 Å². The maximum absolute atomic E-state index is 5.91. The summed E-state index contributed by atoms with van der Waals surface area (Å²) >= 11 is 0. The van der Waals surface area contributed by atoms with Crippen molar-refractivity contribution in [3.63, 3.8) is 0 Å². The van der Waals surface area contributed by atoms with E-state index in [0.717, 1.165) is 63.8 Å². The molecule has 0 aliphatic carbocycles.